The van der Waals surface area contributed by atoms with Gasteiger partial charge >= 0.3 is 0 Å². The number of hydrogen-bond acceptors (Lipinski definition) is 0. The van der Waals surface area contributed by atoms with Crippen LogP contribution in [0, 0.1) is 5.92 Å². The van der Waals surface area contributed by atoms with Gasteiger partial charge in [0.25, 0.3) is 0 Å². The molecule has 1 fully saturated rings. The molecule has 0 N–H and O–H groups in total. The highest BCUT2D eigenvalue weighted by Crippen LogP contribution is 2.36. The smallest absolute Gasteiger partial charge is 0.0294 e. The van der Waals surface area contributed by atoms with Gasteiger partial charge in [0, 0.05) is 16.3 Å². The second-order valence-electron chi connectivity index (χ2n) is 5.07. The first-order valence-electron chi connectivity index (χ1n) is 6.62. The summed E-state index contributed by atoms with van der Waals surface area (Å²) >= 11 is 9.78. The van der Waals surface area contributed by atoms with Crippen LogP contribution in [0.25, 0.3) is 0 Å². The van der Waals surface area contributed by atoms with Gasteiger partial charge in [0.05, 0.1) is 0 Å². The molecule has 0 saturated heterocycles. The molecule has 0 radical (unpaired) electrons. The lowest BCUT2D eigenvalue weighted by Crippen LogP contribution is -2.14. The van der Waals surface area contributed by atoms with Gasteiger partial charge in [-0.3, -0.25) is 0 Å². The molecule has 2 heteroatoms. The number of benzene rings is 1. The average Bonchev–Trinajstić information content (AvgIpc) is 2.59. The molecule has 0 aliphatic heterocycles. The largest absolute Gasteiger partial charge is 0.126 e. The predicted octanol–water partition coefficient (Wildman–Crippen LogP) is 5.74. The Morgan fingerprint density at radius 2 is 1.88 bits per heavy atom. The zero-order chi connectivity index (χ0) is 12.1. The van der Waals surface area contributed by atoms with Gasteiger partial charge in [-0.1, -0.05) is 53.7 Å². The Kier molecular flexibility index (Phi) is 5.37. The van der Waals surface area contributed by atoms with E-state index >= 15 is 0 Å². The molecule has 1 aromatic rings. The SMILES string of the molecule is ClCC(c1cccc(Br)c1)C1CCCCCC1. The molecule has 17 heavy (non-hydrogen) atoms. The molecule has 1 atom stereocenters. The average molecular weight is 316 g/mol. The van der Waals surface area contributed by atoms with Crippen molar-refractivity contribution >= 4 is 27.5 Å². The maximum absolute atomic E-state index is 6.23. The quantitative estimate of drug-likeness (QED) is 0.492. The van der Waals surface area contributed by atoms with Crippen molar-refractivity contribution in [3.8, 4) is 0 Å². The Labute approximate surface area is 118 Å². The molecule has 0 nitrogen and oxygen atoms in total. The van der Waals surface area contributed by atoms with Crippen LogP contribution in [0.2, 0.25) is 0 Å². The molecule has 1 unspecified atom stereocenters. The highest BCUT2D eigenvalue weighted by atomic mass is 79.9. The third kappa shape index (κ3) is 3.72. The maximum Gasteiger partial charge on any atom is 0.0294 e. The van der Waals surface area contributed by atoms with Gasteiger partial charge in [-0.2, -0.15) is 0 Å². The van der Waals surface area contributed by atoms with Gasteiger partial charge in [-0.25, -0.2) is 0 Å². The normalized spacial score (nSPS) is 19.9. The Morgan fingerprint density at radius 1 is 1.18 bits per heavy atom. The van der Waals surface area contributed by atoms with Crippen LogP contribution in [0.15, 0.2) is 28.7 Å². The molecule has 94 valence electrons. The highest BCUT2D eigenvalue weighted by molar-refractivity contribution is 9.10. The van der Waals surface area contributed by atoms with Crippen LogP contribution in [0.4, 0.5) is 0 Å². The lowest BCUT2D eigenvalue weighted by Gasteiger charge is -2.24. The molecular weight excluding hydrogens is 296 g/mol. The Bertz CT molecular complexity index is 343. The number of rotatable bonds is 3. The van der Waals surface area contributed by atoms with Crippen LogP contribution >= 0.6 is 27.5 Å². The first-order chi connectivity index (χ1) is 8.31. The number of hydrogen-bond donors (Lipinski definition) is 0. The molecule has 1 aliphatic carbocycles. The number of alkyl halides is 1. The Morgan fingerprint density at radius 3 is 2.47 bits per heavy atom. The van der Waals surface area contributed by atoms with E-state index in [1.54, 1.807) is 0 Å². The fourth-order valence-corrected chi connectivity index (χ4v) is 3.78. The van der Waals surface area contributed by atoms with Crippen molar-refractivity contribution in [3.63, 3.8) is 0 Å². The molecule has 1 saturated carbocycles. The monoisotopic (exact) mass is 314 g/mol. The summed E-state index contributed by atoms with van der Waals surface area (Å²) in [5, 5.41) is 0. The summed E-state index contributed by atoms with van der Waals surface area (Å²) in [6.45, 7) is 0. The lowest BCUT2D eigenvalue weighted by molar-refractivity contribution is 0.397. The summed E-state index contributed by atoms with van der Waals surface area (Å²) in [6.07, 6.45) is 8.28. The molecule has 1 aliphatic rings. The third-order valence-corrected chi connectivity index (χ3v) is 4.74. The second kappa shape index (κ2) is 6.80. The lowest BCUT2D eigenvalue weighted by atomic mass is 9.83. The zero-order valence-corrected chi connectivity index (χ0v) is 12.5. The molecule has 1 aromatic carbocycles. The summed E-state index contributed by atoms with van der Waals surface area (Å²) in [7, 11) is 0. The van der Waals surface area contributed by atoms with Crippen molar-refractivity contribution in [2.24, 2.45) is 5.92 Å². The van der Waals surface area contributed by atoms with Crippen LogP contribution in [0.3, 0.4) is 0 Å². The van der Waals surface area contributed by atoms with Crippen LogP contribution in [-0.2, 0) is 0 Å². The summed E-state index contributed by atoms with van der Waals surface area (Å²) in [5.41, 5.74) is 1.40. The van der Waals surface area contributed by atoms with Crippen LogP contribution in [0.5, 0.6) is 0 Å². The van der Waals surface area contributed by atoms with Crippen molar-refractivity contribution in [3.05, 3.63) is 34.3 Å². The molecule has 0 spiro atoms. The van der Waals surface area contributed by atoms with Gasteiger partial charge in [-0.05, 0) is 36.5 Å². The van der Waals surface area contributed by atoms with E-state index in [2.05, 4.69) is 40.2 Å². The first kappa shape index (κ1) is 13.4. The van der Waals surface area contributed by atoms with Crippen molar-refractivity contribution in [1.29, 1.82) is 0 Å². The maximum atomic E-state index is 6.23. The van der Waals surface area contributed by atoms with Gasteiger partial charge in [0.1, 0.15) is 0 Å². The molecule has 0 aromatic heterocycles. The zero-order valence-electron chi connectivity index (χ0n) is 10.2. The van der Waals surface area contributed by atoms with E-state index in [-0.39, 0.29) is 0 Å². The van der Waals surface area contributed by atoms with E-state index in [1.807, 2.05) is 0 Å². The minimum Gasteiger partial charge on any atom is -0.126 e. The van der Waals surface area contributed by atoms with E-state index in [0.29, 0.717) is 5.92 Å². The molecular formula is C15H20BrCl. The fraction of sp³-hybridized carbons (Fsp3) is 0.600. The summed E-state index contributed by atoms with van der Waals surface area (Å²) in [6, 6.07) is 8.66. The summed E-state index contributed by atoms with van der Waals surface area (Å²) < 4.78 is 1.17. The Balaban J connectivity index is 2.14. The molecule has 0 amide bonds. The number of halogens is 2. The predicted molar refractivity (Wildman–Crippen MR) is 78.8 cm³/mol. The minimum absolute atomic E-state index is 0.535. The van der Waals surface area contributed by atoms with Crippen LogP contribution < -0.4 is 0 Å². The van der Waals surface area contributed by atoms with E-state index < -0.39 is 0 Å². The van der Waals surface area contributed by atoms with Gasteiger partial charge in [0.2, 0.25) is 0 Å². The molecule has 0 bridgehead atoms. The minimum atomic E-state index is 0.535. The topological polar surface area (TPSA) is 0 Å². The van der Waals surface area contributed by atoms with E-state index in [1.165, 1.54) is 48.6 Å². The second-order valence-corrected chi connectivity index (χ2v) is 6.29. The van der Waals surface area contributed by atoms with Crippen molar-refractivity contribution in [2.75, 3.05) is 5.88 Å². The van der Waals surface area contributed by atoms with Crippen molar-refractivity contribution in [1.82, 2.24) is 0 Å². The van der Waals surface area contributed by atoms with E-state index in [9.17, 15) is 0 Å². The van der Waals surface area contributed by atoms with Gasteiger partial charge in [-0.15, -0.1) is 11.6 Å². The van der Waals surface area contributed by atoms with Gasteiger partial charge < -0.3 is 0 Å². The van der Waals surface area contributed by atoms with E-state index in [0.717, 1.165) is 11.8 Å². The van der Waals surface area contributed by atoms with E-state index in [4.69, 9.17) is 11.6 Å². The highest BCUT2D eigenvalue weighted by Gasteiger charge is 2.23. The summed E-state index contributed by atoms with van der Waals surface area (Å²) in [5.74, 6) is 2.07. The summed E-state index contributed by atoms with van der Waals surface area (Å²) in [4.78, 5) is 0. The first-order valence-corrected chi connectivity index (χ1v) is 7.95. The van der Waals surface area contributed by atoms with Crippen LogP contribution in [0.1, 0.15) is 50.0 Å². The Hall–Kier alpha value is -0.0100. The molecule has 2 rings (SSSR count). The van der Waals surface area contributed by atoms with Crippen molar-refractivity contribution < 1.29 is 0 Å². The molecule has 0 heterocycles. The fourth-order valence-electron chi connectivity index (χ4n) is 2.94. The standard InChI is InChI=1S/C15H20BrCl/c16-14-9-5-8-13(10-14)15(11-17)12-6-3-1-2-4-7-12/h5,8-10,12,15H,1-4,6-7,11H2. The van der Waals surface area contributed by atoms with Crippen molar-refractivity contribution in [2.45, 2.75) is 44.4 Å². The third-order valence-electron chi connectivity index (χ3n) is 3.91. The van der Waals surface area contributed by atoms with Gasteiger partial charge in [0.15, 0.2) is 0 Å². The van der Waals surface area contributed by atoms with Crippen LogP contribution in [-0.4, -0.2) is 5.88 Å².